The molecule has 1 aromatic heterocycles. The Morgan fingerprint density at radius 2 is 1.82 bits per heavy atom. The Bertz CT molecular complexity index is 1370. The molecule has 2 N–H and O–H groups in total. The zero-order valence-electron chi connectivity index (χ0n) is 20.9. The minimum absolute atomic E-state index is 0.0877. The predicted octanol–water partition coefficient (Wildman–Crippen LogP) is 4.99. The number of nitrogens with zero attached hydrogens (tertiary/aromatic N) is 5. The van der Waals surface area contributed by atoms with E-state index >= 15 is 0 Å². The Kier molecular flexibility index (Phi) is 6.36. The largest absolute Gasteiger partial charge is 0.432 e. The van der Waals surface area contributed by atoms with Crippen molar-refractivity contribution in [3.63, 3.8) is 0 Å². The molecule has 9 nitrogen and oxygen atoms in total. The van der Waals surface area contributed by atoms with Crippen LogP contribution in [0.5, 0.6) is 0 Å². The highest BCUT2D eigenvalue weighted by molar-refractivity contribution is 5.89. The predicted molar refractivity (Wildman–Crippen MR) is 142 cm³/mol. The second-order valence-electron chi connectivity index (χ2n) is 9.67. The number of amides is 2. The van der Waals surface area contributed by atoms with Gasteiger partial charge in [-0.1, -0.05) is 29.8 Å². The number of carbonyl (C=O) groups excluding carboxylic acids is 1. The van der Waals surface area contributed by atoms with Crippen LogP contribution in [0, 0.1) is 12.7 Å². The lowest BCUT2D eigenvalue weighted by molar-refractivity contribution is 0.197. The molecule has 194 valence electrons. The summed E-state index contributed by atoms with van der Waals surface area (Å²) in [6, 6.07) is 16.0. The second kappa shape index (κ2) is 10.1. The van der Waals surface area contributed by atoms with Gasteiger partial charge in [0.05, 0.1) is 5.69 Å². The molecule has 0 aliphatic carbocycles. The number of amidine groups is 1. The Hall–Kier alpha value is -4.47. The van der Waals surface area contributed by atoms with Gasteiger partial charge in [-0.25, -0.2) is 24.1 Å². The number of aryl methyl sites for hydroxylation is 1. The number of aromatic nitrogens is 2. The first-order chi connectivity index (χ1) is 18.5. The number of rotatable bonds is 5. The van der Waals surface area contributed by atoms with E-state index in [2.05, 4.69) is 15.6 Å². The monoisotopic (exact) mass is 513 g/mol. The zero-order chi connectivity index (χ0) is 26.1. The first kappa shape index (κ1) is 23.9. The number of fused-ring (bicyclic) bond motifs is 1. The highest BCUT2D eigenvalue weighted by Gasteiger charge is 2.41. The first-order valence-electron chi connectivity index (χ1n) is 12.7. The van der Waals surface area contributed by atoms with Gasteiger partial charge in [-0.05, 0) is 55.7 Å². The molecule has 0 radical (unpaired) electrons. The molecule has 10 heteroatoms. The first-order valence-corrected chi connectivity index (χ1v) is 12.7. The summed E-state index contributed by atoms with van der Waals surface area (Å²) in [6.07, 6.45) is 6.73. The maximum Gasteiger partial charge on any atom is 0.321 e. The summed E-state index contributed by atoms with van der Waals surface area (Å²) < 4.78 is 19.1. The van der Waals surface area contributed by atoms with Crippen molar-refractivity contribution in [1.29, 1.82) is 0 Å². The van der Waals surface area contributed by atoms with Crippen LogP contribution in [0.25, 0.3) is 0 Å². The van der Waals surface area contributed by atoms with Gasteiger partial charge in [0.2, 0.25) is 5.95 Å². The molecule has 1 fully saturated rings. The molecule has 3 aromatic rings. The summed E-state index contributed by atoms with van der Waals surface area (Å²) in [6.45, 7) is 3.29. The molecule has 2 amide bonds. The number of carbonyl (C=O) groups is 1. The van der Waals surface area contributed by atoms with E-state index in [9.17, 15) is 9.18 Å². The average molecular weight is 514 g/mol. The fourth-order valence-electron chi connectivity index (χ4n) is 5.01. The van der Waals surface area contributed by atoms with Crippen LogP contribution in [-0.4, -0.2) is 51.0 Å². The molecule has 4 heterocycles. The topological polar surface area (TPSA) is 95.0 Å². The van der Waals surface area contributed by atoms with Crippen LogP contribution in [0.15, 0.2) is 78.2 Å². The standard InChI is InChI=1S/C28H28FN7O2/c1-18-2-8-21(9-3-18)32-27(37)35-14-11-22(12-15-35)31-26-30-13-10-23(33-26)25-24(19-4-6-20(29)7-5-19)34-28-36(25)16-17-38-28/h2-10,13,16-17,22,24-25H,11-12,14-15H2,1H3,(H,32,37)(H,30,31,33). The van der Waals surface area contributed by atoms with Gasteiger partial charge in [0, 0.05) is 37.2 Å². The van der Waals surface area contributed by atoms with Crippen molar-refractivity contribution in [1.82, 2.24) is 19.8 Å². The lowest BCUT2D eigenvalue weighted by atomic mass is 9.97. The van der Waals surface area contributed by atoms with Crippen LogP contribution < -0.4 is 10.6 Å². The van der Waals surface area contributed by atoms with Gasteiger partial charge in [0.25, 0.3) is 6.02 Å². The Labute approximate surface area is 220 Å². The van der Waals surface area contributed by atoms with E-state index < -0.39 is 0 Å². The molecule has 2 aromatic carbocycles. The van der Waals surface area contributed by atoms with E-state index in [-0.39, 0.29) is 30.0 Å². The number of ether oxygens (including phenoxy) is 1. The van der Waals surface area contributed by atoms with Crippen molar-refractivity contribution in [2.75, 3.05) is 23.7 Å². The molecule has 38 heavy (non-hydrogen) atoms. The summed E-state index contributed by atoms with van der Waals surface area (Å²) in [7, 11) is 0. The van der Waals surface area contributed by atoms with Crippen LogP contribution in [0.1, 0.15) is 41.7 Å². The molecule has 2 unspecified atom stereocenters. The van der Waals surface area contributed by atoms with Crippen LogP contribution in [0.4, 0.5) is 20.8 Å². The molecule has 3 aliphatic heterocycles. The maximum absolute atomic E-state index is 13.5. The number of hydrogen-bond donors (Lipinski definition) is 2. The van der Waals surface area contributed by atoms with E-state index in [0.717, 1.165) is 35.3 Å². The van der Waals surface area contributed by atoms with E-state index in [1.165, 1.54) is 12.1 Å². The molecule has 0 bridgehead atoms. The van der Waals surface area contributed by atoms with E-state index in [4.69, 9.17) is 14.7 Å². The Balaban J connectivity index is 1.11. The van der Waals surface area contributed by atoms with Crippen molar-refractivity contribution < 1.29 is 13.9 Å². The van der Waals surface area contributed by atoms with Crippen LogP contribution >= 0.6 is 0 Å². The van der Waals surface area contributed by atoms with Crippen molar-refractivity contribution in [2.45, 2.75) is 37.9 Å². The third-order valence-electron chi connectivity index (χ3n) is 7.07. The number of hydrogen-bond acceptors (Lipinski definition) is 7. The van der Waals surface area contributed by atoms with Gasteiger partial charge in [0.1, 0.15) is 24.2 Å². The molecular weight excluding hydrogens is 485 g/mol. The highest BCUT2D eigenvalue weighted by Crippen LogP contribution is 2.43. The zero-order valence-corrected chi connectivity index (χ0v) is 20.9. The van der Waals surface area contributed by atoms with Gasteiger partial charge < -0.3 is 20.3 Å². The summed E-state index contributed by atoms with van der Waals surface area (Å²) in [5, 5.41) is 6.42. The van der Waals surface area contributed by atoms with Crippen LogP contribution in [-0.2, 0) is 4.74 Å². The lowest BCUT2D eigenvalue weighted by Crippen LogP contribution is -2.44. The van der Waals surface area contributed by atoms with Crippen molar-refractivity contribution in [3.05, 3.63) is 95.9 Å². The van der Waals surface area contributed by atoms with E-state index in [0.29, 0.717) is 25.1 Å². The van der Waals surface area contributed by atoms with Crippen molar-refractivity contribution in [3.8, 4) is 0 Å². The molecule has 0 saturated carbocycles. The number of aliphatic imine (C=N–C) groups is 1. The van der Waals surface area contributed by atoms with Gasteiger partial charge in [-0.2, -0.15) is 0 Å². The number of benzene rings is 2. The Morgan fingerprint density at radius 3 is 2.58 bits per heavy atom. The summed E-state index contributed by atoms with van der Waals surface area (Å²) in [4.78, 5) is 30.4. The van der Waals surface area contributed by atoms with Crippen LogP contribution in [0.3, 0.4) is 0 Å². The fraction of sp³-hybridized carbons (Fsp3) is 0.286. The highest BCUT2D eigenvalue weighted by atomic mass is 19.1. The SMILES string of the molecule is Cc1ccc(NC(=O)N2CCC(Nc3nccc(C4C(c5ccc(F)cc5)N=C5OC=CN54)n3)CC2)cc1. The smallest absolute Gasteiger partial charge is 0.321 e. The summed E-state index contributed by atoms with van der Waals surface area (Å²) in [5.41, 5.74) is 3.60. The minimum Gasteiger partial charge on any atom is -0.432 e. The molecule has 3 aliphatic rings. The molecule has 6 rings (SSSR count). The van der Waals surface area contributed by atoms with Gasteiger partial charge in [0.15, 0.2) is 0 Å². The maximum atomic E-state index is 13.5. The molecule has 1 saturated heterocycles. The number of halogens is 1. The number of anilines is 2. The average Bonchev–Trinajstić information content (AvgIpc) is 3.53. The van der Waals surface area contributed by atoms with Gasteiger partial charge >= 0.3 is 6.03 Å². The third-order valence-corrected chi connectivity index (χ3v) is 7.07. The van der Waals surface area contributed by atoms with Crippen molar-refractivity contribution in [2.24, 2.45) is 4.99 Å². The summed E-state index contributed by atoms with van der Waals surface area (Å²) in [5.74, 6) is 0.236. The number of piperidine rings is 1. The molecular formula is C28H28FN7O2. The minimum atomic E-state index is -0.298. The quantitative estimate of drug-likeness (QED) is 0.499. The normalized spacial score (nSPS) is 20.6. The summed E-state index contributed by atoms with van der Waals surface area (Å²) >= 11 is 0. The number of likely N-dealkylation sites (tertiary alicyclic amines) is 1. The second-order valence-corrected chi connectivity index (χ2v) is 9.67. The fourth-order valence-corrected chi connectivity index (χ4v) is 5.01. The third kappa shape index (κ3) is 4.89. The van der Waals surface area contributed by atoms with Crippen molar-refractivity contribution >= 4 is 23.7 Å². The molecule has 2 atom stereocenters. The molecule has 0 spiro atoms. The number of nitrogens with one attached hydrogen (secondary N) is 2. The lowest BCUT2D eigenvalue weighted by Gasteiger charge is -2.32. The van der Waals surface area contributed by atoms with Gasteiger partial charge in [-0.15, -0.1) is 0 Å². The van der Waals surface area contributed by atoms with E-state index in [1.54, 1.807) is 24.6 Å². The number of urea groups is 1. The van der Waals surface area contributed by atoms with E-state index in [1.807, 2.05) is 53.3 Å². The van der Waals surface area contributed by atoms with Gasteiger partial charge in [-0.3, -0.25) is 4.90 Å². The Morgan fingerprint density at radius 1 is 1.05 bits per heavy atom. The van der Waals surface area contributed by atoms with Crippen LogP contribution in [0.2, 0.25) is 0 Å².